The van der Waals surface area contributed by atoms with Gasteiger partial charge in [-0.15, -0.1) is 0 Å². The summed E-state index contributed by atoms with van der Waals surface area (Å²) in [4.78, 5) is 0. The lowest BCUT2D eigenvalue weighted by Crippen LogP contribution is -2.38. The molecule has 16 heavy (non-hydrogen) atoms. The molecule has 0 amide bonds. The van der Waals surface area contributed by atoms with E-state index in [1.807, 2.05) is 0 Å². The van der Waals surface area contributed by atoms with Crippen LogP contribution in [0.25, 0.3) is 0 Å². The molecule has 0 aromatic carbocycles. The maximum absolute atomic E-state index is 2.48. The Balaban J connectivity index is 1.67. The molecular formula is C16H28. The summed E-state index contributed by atoms with van der Waals surface area (Å²) >= 11 is 0. The number of fused-ring (bicyclic) bond motifs is 2. The largest absolute Gasteiger partial charge is 0.0625 e. The van der Waals surface area contributed by atoms with Gasteiger partial charge in [-0.2, -0.15) is 0 Å². The third kappa shape index (κ3) is 2.05. The summed E-state index contributed by atoms with van der Waals surface area (Å²) in [6.07, 6.45) is 12.5. The van der Waals surface area contributed by atoms with E-state index in [0.29, 0.717) is 0 Å². The Morgan fingerprint density at radius 1 is 0.500 bits per heavy atom. The molecule has 3 fully saturated rings. The molecule has 0 spiro atoms. The highest BCUT2D eigenvalue weighted by molar-refractivity contribution is 4.91. The smallest absolute Gasteiger partial charge is 0.0380 e. The van der Waals surface area contributed by atoms with Crippen LogP contribution < -0.4 is 0 Å². The molecule has 6 unspecified atom stereocenters. The summed E-state index contributed by atoms with van der Waals surface area (Å²) in [5.74, 6) is 6.56. The van der Waals surface area contributed by atoms with Crippen LogP contribution in [-0.4, -0.2) is 0 Å². The molecule has 0 saturated heterocycles. The van der Waals surface area contributed by atoms with Gasteiger partial charge < -0.3 is 0 Å². The van der Waals surface area contributed by atoms with Crippen LogP contribution >= 0.6 is 0 Å². The van der Waals surface area contributed by atoms with Crippen molar-refractivity contribution in [2.24, 2.45) is 35.5 Å². The number of hydrogen-bond acceptors (Lipinski definition) is 0. The summed E-state index contributed by atoms with van der Waals surface area (Å²) in [5, 5.41) is 0. The molecule has 0 radical (unpaired) electrons. The minimum Gasteiger partial charge on any atom is -0.0625 e. The monoisotopic (exact) mass is 220 g/mol. The Kier molecular flexibility index (Phi) is 3.02. The average Bonchev–Trinajstić information content (AvgIpc) is 2.26. The predicted molar refractivity (Wildman–Crippen MR) is 69.2 cm³/mol. The van der Waals surface area contributed by atoms with E-state index < -0.39 is 0 Å². The van der Waals surface area contributed by atoms with Crippen molar-refractivity contribution in [1.29, 1.82) is 0 Å². The maximum atomic E-state index is 2.48. The molecule has 92 valence electrons. The predicted octanol–water partition coefficient (Wildman–Crippen LogP) is 4.89. The first-order valence-corrected chi connectivity index (χ1v) is 7.72. The highest BCUT2D eigenvalue weighted by atomic mass is 14.5. The second kappa shape index (κ2) is 4.35. The van der Waals surface area contributed by atoms with Crippen LogP contribution in [0.5, 0.6) is 0 Å². The molecule has 0 aliphatic heterocycles. The Labute approximate surface area is 101 Å². The molecule has 0 bridgehead atoms. The molecule has 3 aliphatic rings. The van der Waals surface area contributed by atoms with Crippen LogP contribution in [-0.2, 0) is 0 Å². The summed E-state index contributed by atoms with van der Waals surface area (Å²) in [5.41, 5.74) is 0. The highest BCUT2D eigenvalue weighted by Gasteiger charge is 2.41. The quantitative estimate of drug-likeness (QED) is 0.545. The molecular weight excluding hydrogens is 192 g/mol. The normalized spacial score (nSPS) is 52.9. The number of rotatable bonds is 0. The van der Waals surface area contributed by atoms with Crippen molar-refractivity contribution in [2.45, 2.75) is 65.2 Å². The van der Waals surface area contributed by atoms with Crippen LogP contribution in [0.1, 0.15) is 65.2 Å². The highest BCUT2D eigenvalue weighted by Crippen LogP contribution is 2.51. The van der Waals surface area contributed by atoms with Crippen LogP contribution in [0.15, 0.2) is 0 Å². The van der Waals surface area contributed by atoms with Gasteiger partial charge >= 0.3 is 0 Å². The van der Waals surface area contributed by atoms with Gasteiger partial charge in [0, 0.05) is 0 Å². The van der Waals surface area contributed by atoms with Crippen molar-refractivity contribution in [3.63, 3.8) is 0 Å². The molecule has 3 aliphatic carbocycles. The Morgan fingerprint density at radius 3 is 1.44 bits per heavy atom. The summed E-state index contributed by atoms with van der Waals surface area (Å²) in [7, 11) is 0. The topological polar surface area (TPSA) is 0 Å². The first kappa shape index (κ1) is 11.1. The minimum absolute atomic E-state index is 1.03. The van der Waals surface area contributed by atoms with Gasteiger partial charge in [-0.25, -0.2) is 0 Å². The van der Waals surface area contributed by atoms with E-state index in [0.717, 1.165) is 35.5 Å². The molecule has 0 aromatic heterocycles. The molecule has 3 saturated carbocycles. The lowest BCUT2D eigenvalue weighted by Gasteiger charge is -2.48. The van der Waals surface area contributed by atoms with Gasteiger partial charge in [-0.3, -0.25) is 0 Å². The lowest BCUT2D eigenvalue weighted by molar-refractivity contribution is 0.0255. The van der Waals surface area contributed by atoms with Gasteiger partial charge in [0.1, 0.15) is 0 Å². The van der Waals surface area contributed by atoms with E-state index in [9.17, 15) is 0 Å². The van der Waals surface area contributed by atoms with E-state index >= 15 is 0 Å². The third-order valence-corrected chi connectivity index (χ3v) is 6.02. The van der Waals surface area contributed by atoms with Crippen LogP contribution in [0.4, 0.5) is 0 Å². The van der Waals surface area contributed by atoms with Crippen molar-refractivity contribution < 1.29 is 0 Å². The van der Waals surface area contributed by atoms with Gasteiger partial charge in [0.05, 0.1) is 0 Å². The maximum Gasteiger partial charge on any atom is -0.0380 e. The van der Waals surface area contributed by atoms with E-state index in [1.165, 1.54) is 12.8 Å². The first-order chi connectivity index (χ1) is 7.72. The van der Waals surface area contributed by atoms with Gasteiger partial charge in [0.2, 0.25) is 0 Å². The van der Waals surface area contributed by atoms with Crippen LogP contribution in [0.2, 0.25) is 0 Å². The average molecular weight is 220 g/mol. The first-order valence-electron chi connectivity index (χ1n) is 7.72. The Bertz CT molecular complexity index is 220. The molecule has 6 atom stereocenters. The zero-order valence-electron chi connectivity index (χ0n) is 11.1. The fourth-order valence-electron chi connectivity index (χ4n) is 5.10. The van der Waals surface area contributed by atoms with Crippen molar-refractivity contribution in [3.05, 3.63) is 0 Å². The minimum atomic E-state index is 1.03. The molecule has 0 heterocycles. The molecule has 3 rings (SSSR count). The molecule has 0 aromatic rings. The second-order valence-electron chi connectivity index (χ2n) is 7.35. The Hall–Kier alpha value is 0. The fourth-order valence-corrected chi connectivity index (χ4v) is 5.10. The van der Waals surface area contributed by atoms with E-state index in [-0.39, 0.29) is 0 Å². The fraction of sp³-hybridized carbons (Fsp3) is 1.00. The van der Waals surface area contributed by atoms with Crippen molar-refractivity contribution in [2.75, 3.05) is 0 Å². The summed E-state index contributed by atoms with van der Waals surface area (Å²) in [6.45, 7) is 4.96. The zero-order chi connectivity index (χ0) is 11.1. The number of hydrogen-bond donors (Lipinski definition) is 0. The third-order valence-electron chi connectivity index (χ3n) is 6.02. The standard InChI is InChI=1S/C16H28/c1-11-3-5-13-9-14-6-4-12(2)8-16(14)10-15(13)7-11/h11-16H,3-10H2,1-2H3. The van der Waals surface area contributed by atoms with Gasteiger partial charge in [-0.05, 0) is 74.0 Å². The SMILES string of the molecule is CC1CCC2CC3CCC(C)CC3CC2C1. The van der Waals surface area contributed by atoms with Crippen molar-refractivity contribution in [3.8, 4) is 0 Å². The Morgan fingerprint density at radius 2 is 0.938 bits per heavy atom. The van der Waals surface area contributed by atoms with Crippen LogP contribution in [0.3, 0.4) is 0 Å². The zero-order valence-corrected chi connectivity index (χ0v) is 11.1. The second-order valence-corrected chi connectivity index (χ2v) is 7.35. The van der Waals surface area contributed by atoms with E-state index in [1.54, 1.807) is 38.5 Å². The van der Waals surface area contributed by atoms with Gasteiger partial charge in [0.25, 0.3) is 0 Å². The molecule has 0 N–H and O–H groups in total. The molecule has 0 nitrogen and oxygen atoms in total. The lowest BCUT2D eigenvalue weighted by atomic mass is 9.57. The van der Waals surface area contributed by atoms with E-state index in [4.69, 9.17) is 0 Å². The van der Waals surface area contributed by atoms with Crippen LogP contribution in [0, 0.1) is 35.5 Å². The van der Waals surface area contributed by atoms with Crippen molar-refractivity contribution >= 4 is 0 Å². The summed E-state index contributed by atoms with van der Waals surface area (Å²) in [6, 6.07) is 0. The molecule has 0 heteroatoms. The van der Waals surface area contributed by atoms with Gasteiger partial charge in [0.15, 0.2) is 0 Å². The summed E-state index contributed by atoms with van der Waals surface area (Å²) < 4.78 is 0. The van der Waals surface area contributed by atoms with Crippen molar-refractivity contribution in [1.82, 2.24) is 0 Å². The van der Waals surface area contributed by atoms with E-state index in [2.05, 4.69) is 13.8 Å². The van der Waals surface area contributed by atoms with Gasteiger partial charge in [-0.1, -0.05) is 26.7 Å².